The summed E-state index contributed by atoms with van der Waals surface area (Å²) in [6.45, 7) is 2.64. The molecule has 2 aromatic carbocycles. The van der Waals surface area contributed by atoms with E-state index in [9.17, 15) is 4.79 Å². The number of carbonyl (C=O) groups is 1. The van der Waals surface area contributed by atoms with Crippen LogP contribution in [0, 0.1) is 12.3 Å². The van der Waals surface area contributed by atoms with E-state index < -0.39 is 0 Å². The maximum absolute atomic E-state index is 12.5. The van der Waals surface area contributed by atoms with Crippen LogP contribution in [0.3, 0.4) is 0 Å². The number of para-hydroxylation sites is 1. The van der Waals surface area contributed by atoms with Crippen LogP contribution in [0.15, 0.2) is 54.6 Å². The molecule has 6 heteroatoms. The number of amides is 1. The fraction of sp³-hybridized carbons (Fsp3) is 0.348. The van der Waals surface area contributed by atoms with Crippen molar-refractivity contribution in [1.29, 1.82) is 0 Å². The molecule has 29 heavy (non-hydrogen) atoms. The Bertz CT molecular complexity index is 821. The maximum Gasteiger partial charge on any atom is 0.232 e. The van der Waals surface area contributed by atoms with Crippen molar-refractivity contribution in [3.05, 3.63) is 60.2 Å². The number of benzene rings is 2. The maximum atomic E-state index is 12.5. The van der Waals surface area contributed by atoms with E-state index in [-0.39, 0.29) is 12.0 Å². The predicted octanol–water partition coefficient (Wildman–Crippen LogP) is 3.09. The second-order valence-electron chi connectivity index (χ2n) is 6.53. The lowest BCUT2D eigenvalue weighted by molar-refractivity contribution is -0.137. The topological polar surface area (TPSA) is 48.0 Å². The summed E-state index contributed by atoms with van der Waals surface area (Å²) in [7, 11) is 0. The summed E-state index contributed by atoms with van der Waals surface area (Å²) in [6.07, 6.45) is 5.27. The summed E-state index contributed by atoms with van der Waals surface area (Å²) in [5.74, 6) is 5.48. The number of carbonyl (C=O) groups excluding carboxylic acids is 1. The number of ether oxygens (including phenoxy) is 3. The van der Waals surface area contributed by atoms with E-state index in [0.29, 0.717) is 44.4 Å². The fourth-order valence-electron chi connectivity index (χ4n) is 2.90. The largest absolute Gasteiger partial charge is 0.493 e. The van der Waals surface area contributed by atoms with Gasteiger partial charge in [-0.1, -0.05) is 30.2 Å². The van der Waals surface area contributed by atoms with E-state index in [1.807, 2.05) is 59.5 Å². The number of terminal acetylenes is 1. The van der Waals surface area contributed by atoms with Crippen molar-refractivity contribution in [2.45, 2.75) is 6.10 Å². The van der Waals surface area contributed by atoms with E-state index in [2.05, 4.69) is 5.92 Å². The molecular formula is C23H25NO4S. The highest BCUT2D eigenvalue weighted by molar-refractivity contribution is 7.99. The molecule has 0 N–H and O–H groups in total. The molecule has 1 aliphatic rings. The van der Waals surface area contributed by atoms with Crippen molar-refractivity contribution in [3.8, 4) is 23.8 Å². The van der Waals surface area contributed by atoms with Crippen molar-refractivity contribution in [3.63, 3.8) is 0 Å². The van der Waals surface area contributed by atoms with Crippen LogP contribution in [0.4, 0.5) is 0 Å². The monoisotopic (exact) mass is 411 g/mol. The Hall–Kier alpha value is -2.62. The molecule has 1 amide bonds. The third kappa shape index (κ3) is 7.04. The summed E-state index contributed by atoms with van der Waals surface area (Å²) in [5.41, 5.74) is 0.775. The SMILES string of the molecule is C#Cc1cccc(OCC2CN(C(=O)CSCCOc3ccccc3)CCO2)c1. The molecule has 5 nitrogen and oxygen atoms in total. The van der Waals surface area contributed by atoms with Crippen molar-refractivity contribution < 1.29 is 19.0 Å². The highest BCUT2D eigenvalue weighted by Crippen LogP contribution is 2.15. The van der Waals surface area contributed by atoms with Crippen LogP contribution in [0.25, 0.3) is 0 Å². The normalized spacial score (nSPS) is 16.1. The molecule has 0 spiro atoms. The summed E-state index contributed by atoms with van der Waals surface area (Å²) in [5, 5.41) is 0. The Balaban J connectivity index is 1.34. The fourth-order valence-corrected chi connectivity index (χ4v) is 3.60. The minimum Gasteiger partial charge on any atom is -0.493 e. The summed E-state index contributed by atoms with van der Waals surface area (Å²) in [6, 6.07) is 17.1. The van der Waals surface area contributed by atoms with Gasteiger partial charge < -0.3 is 19.1 Å². The molecule has 1 unspecified atom stereocenters. The van der Waals surface area contributed by atoms with Crippen LogP contribution in [-0.2, 0) is 9.53 Å². The Morgan fingerprint density at radius 3 is 2.83 bits per heavy atom. The second-order valence-corrected chi connectivity index (χ2v) is 7.63. The number of nitrogens with zero attached hydrogens (tertiary/aromatic N) is 1. The van der Waals surface area contributed by atoms with Crippen LogP contribution in [-0.4, -0.2) is 61.3 Å². The molecule has 0 aromatic heterocycles. The van der Waals surface area contributed by atoms with Crippen molar-refractivity contribution in [2.24, 2.45) is 0 Å². The molecule has 152 valence electrons. The van der Waals surface area contributed by atoms with Crippen molar-refractivity contribution in [1.82, 2.24) is 4.90 Å². The third-order valence-electron chi connectivity index (χ3n) is 4.39. The Morgan fingerprint density at radius 1 is 1.17 bits per heavy atom. The lowest BCUT2D eigenvalue weighted by atomic mass is 10.2. The van der Waals surface area contributed by atoms with Crippen LogP contribution in [0.1, 0.15) is 5.56 Å². The summed E-state index contributed by atoms with van der Waals surface area (Å²) < 4.78 is 17.2. The number of hydrogen-bond donors (Lipinski definition) is 0. The average molecular weight is 412 g/mol. The first-order valence-electron chi connectivity index (χ1n) is 9.59. The number of thioether (sulfide) groups is 1. The molecular weight excluding hydrogens is 386 g/mol. The minimum absolute atomic E-state index is 0.123. The molecule has 0 saturated carbocycles. The molecule has 1 atom stereocenters. The molecule has 0 bridgehead atoms. The van der Waals surface area contributed by atoms with Crippen molar-refractivity contribution in [2.75, 3.05) is 44.4 Å². The molecule has 2 aromatic rings. The first-order valence-corrected chi connectivity index (χ1v) is 10.7. The molecule has 1 fully saturated rings. The quantitative estimate of drug-likeness (QED) is 0.469. The lowest BCUT2D eigenvalue weighted by Gasteiger charge is -2.32. The van der Waals surface area contributed by atoms with Crippen LogP contribution < -0.4 is 9.47 Å². The standard InChI is InChI=1S/C23H25NO4S/c1-2-19-7-6-10-21(15-19)28-17-22-16-24(11-12-26-22)23(25)18-29-14-13-27-20-8-4-3-5-9-20/h1,3-10,15,22H,11-14,16-18H2. The molecule has 1 heterocycles. The van der Waals surface area contributed by atoms with Crippen LogP contribution >= 0.6 is 11.8 Å². The van der Waals surface area contributed by atoms with Gasteiger partial charge in [0.05, 0.1) is 25.5 Å². The molecule has 1 saturated heterocycles. The molecule has 3 rings (SSSR count). The van der Waals surface area contributed by atoms with Gasteiger partial charge in [0.2, 0.25) is 5.91 Å². The average Bonchev–Trinajstić information content (AvgIpc) is 2.78. The highest BCUT2D eigenvalue weighted by atomic mass is 32.2. The van der Waals surface area contributed by atoms with Crippen LogP contribution in [0.5, 0.6) is 11.5 Å². The van der Waals surface area contributed by atoms with Gasteiger partial charge in [0.25, 0.3) is 0 Å². The van der Waals surface area contributed by atoms with Crippen LogP contribution in [0.2, 0.25) is 0 Å². The van der Waals surface area contributed by atoms with Gasteiger partial charge in [0.15, 0.2) is 0 Å². The van der Waals surface area contributed by atoms with E-state index in [1.165, 1.54) is 0 Å². The van der Waals surface area contributed by atoms with E-state index >= 15 is 0 Å². The number of rotatable bonds is 9. The predicted molar refractivity (Wildman–Crippen MR) is 115 cm³/mol. The van der Waals surface area contributed by atoms with Gasteiger partial charge in [-0.25, -0.2) is 0 Å². The Kier molecular flexibility index (Phi) is 8.29. The zero-order valence-electron chi connectivity index (χ0n) is 16.3. The lowest BCUT2D eigenvalue weighted by Crippen LogP contribution is -2.48. The molecule has 0 radical (unpaired) electrons. The zero-order chi connectivity index (χ0) is 20.3. The van der Waals surface area contributed by atoms with Gasteiger partial charge in [-0.15, -0.1) is 18.2 Å². The summed E-state index contributed by atoms with van der Waals surface area (Å²) >= 11 is 1.58. The van der Waals surface area contributed by atoms with Gasteiger partial charge in [0, 0.05) is 17.9 Å². The number of hydrogen-bond acceptors (Lipinski definition) is 5. The van der Waals surface area contributed by atoms with Gasteiger partial charge in [-0.2, -0.15) is 0 Å². The Labute approximate surface area is 176 Å². The first kappa shape index (κ1) is 21.1. The van der Waals surface area contributed by atoms with Gasteiger partial charge >= 0.3 is 0 Å². The minimum atomic E-state index is -0.145. The highest BCUT2D eigenvalue weighted by Gasteiger charge is 2.24. The smallest absolute Gasteiger partial charge is 0.232 e. The van der Waals surface area contributed by atoms with E-state index in [4.69, 9.17) is 20.6 Å². The van der Waals surface area contributed by atoms with Gasteiger partial charge in [0.1, 0.15) is 24.2 Å². The zero-order valence-corrected chi connectivity index (χ0v) is 17.1. The van der Waals surface area contributed by atoms with E-state index in [0.717, 1.165) is 17.1 Å². The van der Waals surface area contributed by atoms with Crippen molar-refractivity contribution >= 4 is 17.7 Å². The number of morpholine rings is 1. The third-order valence-corrected chi connectivity index (χ3v) is 5.30. The second kappa shape index (κ2) is 11.4. The Morgan fingerprint density at radius 2 is 2.00 bits per heavy atom. The molecule has 0 aliphatic carbocycles. The molecule has 1 aliphatic heterocycles. The van der Waals surface area contributed by atoms with Gasteiger partial charge in [-0.3, -0.25) is 4.79 Å². The van der Waals surface area contributed by atoms with E-state index in [1.54, 1.807) is 11.8 Å². The van der Waals surface area contributed by atoms with Gasteiger partial charge in [-0.05, 0) is 30.3 Å². The summed E-state index contributed by atoms with van der Waals surface area (Å²) in [4.78, 5) is 14.3. The first-order chi connectivity index (χ1) is 14.2.